The lowest BCUT2D eigenvalue weighted by atomic mass is 9.89. The van der Waals surface area contributed by atoms with E-state index in [0.717, 1.165) is 48.4 Å². The SMILES string of the molecule is CN1CCN(c2ccc(-c3cccc(C(Cc4ccccc4)C(=O)NCC#N)c3)cc2)CC1. The third-order valence-electron chi connectivity index (χ3n) is 6.30. The number of carbonyl (C=O) groups is 1. The van der Waals surface area contributed by atoms with Gasteiger partial charge in [-0.2, -0.15) is 5.26 Å². The number of rotatable bonds is 7. The lowest BCUT2D eigenvalue weighted by Crippen LogP contribution is -2.44. The Balaban J connectivity index is 1.56. The summed E-state index contributed by atoms with van der Waals surface area (Å²) in [5.74, 6) is -0.478. The van der Waals surface area contributed by atoms with Gasteiger partial charge in [0, 0.05) is 31.9 Å². The number of hydrogen-bond donors (Lipinski definition) is 1. The van der Waals surface area contributed by atoms with E-state index >= 15 is 0 Å². The van der Waals surface area contributed by atoms with E-state index in [1.807, 2.05) is 48.5 Å². The van der Waals surface area contributed by atoms with Crippen LogP contribution in [0.1, 0.15) is 17.0 Å². The first-order valence-corrected chi connectivity index (χ1v) is 11.5. The van der Waals surface area contributed by atoms with Crippen LogP contribution in [0.4, 0.5) is 5.69 Å². The summed E-state index contributed by atoms with van der Waals surface area (Å²) in [5.41, 5.74) is 5.52. The fourth-order valence-electron chi connectivity index (χ4n) is 4.33. The fourth-order valence-corrected chi connectivity index (χ4v) is 4.33. The van der Waals surface area contributed by atoms with Crippen molar-refractivity contribution in [1.29, 1.82) is 5.26 Å². The van der Waals surface area contributed by atoms with E-state index in [-0.39, 0.29) is 18.4 Å². The Bertz CT molecular complexity index is 1100. The first-order chi connectivity index (χ1) is 16.1. The molecular formula is C28H30N4O. The van der Waals surface area contributed by atoms with Gasteiger partial charge in [-0.3, -0.25) is 4.79 Å². The van der Waals surface area contributed by atoms with Gasteiger partial charge >= 0.3 is 0 Å². The Morgan fingerprint density at radius 3 is 2.36 bits per heavy atom. The second-order valence-corrected chi connectivity index (χ2v) is 8.58. The van der Waals surface area contributed by atoms with E-state index in [9.17, 15) is 4.79 Å². The maximum absolute atomic E-state index is 12.9. The zero-order chi connectivity index (χ0) is 23.0. The summed E-state index contributed by atoms with van der Waals surface area (Å²) in [4.78, 5) is 17.7. The van der Waals surface area contributed by atoms with Crippen molar-refractivity contribution < 1.29 is 4.79 Å². The van der Waals surface area contributed by atoms with Crippen LogP contribution in [0.15, 0.2) is 78.9 Å². The summed E-state index contributed by atoms with van der Waals surface area (Å²) in [7, 11) is 2.17. The molecule has 1 amide bonds. The minimum atomic E-state index is -0.356. The summed E-state index contributed by atoms with van der Waals surface area (Å²) >= 11 is 0. The molecule has 0 spiro atoms. The molecule has 1 aliphatic heterocycles. The number of likely N-dealkylation sites (N-methyl/N-ethyl adjacent to an activating group) is 1. The van der Waals surface area contributed by atoms with Crippen LogP contribution in [-0.4, -0.2) is 50.6 Å². The van der Waals surface area contributed by atoms with E-state index in [4.69, 9.17) is 5.26 Å². The minimum Gasteiger partial charge on any atom is -0.369 e. The summed E-state index contributed by atoms with van der Waals surface area (Å²) in [5, 5.41) is 11.7. The fraction of sp³-hybridized carbons (Fsp3) is 0.286. The van der Waals surface area contributed by atoms with E-state index < -0.39 is 0 Å². The molecule has 168 valence electrons. The minimum absolute atomic E-state index is 0.0115. The zero-order valence-corrected chi connectivity index (χ0v) is 19.1. The molecule has 1 N–H and O–H groups in total. The molecule has 1 unspecified atom stereocenters. The first kappa shape index (κ1) is 22.6. The Morgan fingerprint density at radius 1 is 0.939 bits per heavy atom. The number of anilines is 1. The molecule has 1 saturated heterocycles. The van der Waals surface area contributed by atoms with Crippen molar-refractivity contribution in [1.82, 2.24) is 10.2 Å². The lowest BCUT2D eigenvalue weighted by molar-refractivity contribution is -0.122. The Hall–Kier alpha value is -3.62. The largest absolute Gasteiger partial charge is 0.369 e. The van der Waals surface area contributed by atoms with Gasteiger partial charge in [0.2, 0.25) is 5.91 Å². The second-order valence-electron chi connectivity index (χ2n) is 8.58. The highest BCUT2D eigenvalue weighted by Gasteiger charge is 2.21. The van der Waals surface area contributed by atoms with Crippen LogP contribution in [0.3, 0.4) is 0 Å². The molecule has 5 nitrogen and oxygen atoms in total. The number of benzene rings is 3. The van der Waals surface area contributed by atoms with Gasteiger partial charge in [-0.1, -0.05) is 66.7 Å². The average molecular weight is 439 g/mol. The molecule has 3 aromatic carbocycles. The van der Waals surface area contributed by atoms with Crippen molar-refractivity contribution in [3.8, 4) is 17.2 Å². The van der Waals surface area contributed by atoms with Crippen LogP contribution in [-0.2, 0) is 11.2 Å². The van der Waals surface area contributed by atoms with Crippen LogP contribution in [0.2, 0.25) is 0 Å². The zero-order valence-electron chi connectivity index (χ0n) is 19.1. The Morgan fingerprint density at radius 2 is 1.67 bits per heavy atom. The Labute approximate surface area is 196 Å². The smallest absolute Gasteiger partial charge is 0.228 e. The van der Waals surface area contributed by atoms with Crippen LogP contribution in [0.25, 0.3) is 11.1 Å². The highest BCUT2D eigenvalue weighted by atomic mass is 16.1. The normalized spacial score (nSPS) is 15.0. The van der Waals surface area contributed by atoms with Crippen LogP contribution >= 0.6 is 0 Å². The lowest BCUT2D eigenvalue weighted by Gasteiger charge is -2.34. The topological polar surface area (TPSA) is 59.4 Å². The molecule has 0 saturated carbocycles. The van der Waals surface area contributed by atoms with Gasteiger partial charge in [0.15, 0.2) is 0 Å². The summed E-state index contributed by atoms with van der Waals surface area (Å²) in [6, 6.07) is 28.9. The number of amides is 1. The van der Waals surface area contributed by atoms with Crippen molar-refractivity contribution >= 4 is 11.6 Å². The number of nitrogens with one attached hydrogen (secondary N) is 1. The quantitative estimate of drug-likeness (QED) is 0.565. The van der Waals surface area contributed by atoms with Crippen molar-refractivity contribution in [2.24, 2.45) is 0 Å². The maximum Gasteiger partial charge on any atom is 0.228 e. The van der Waals surface area contributed by atoms with Crippen molar-refractivity contribution in [2.75, 3.05) is 44.7 Å². The highest BCUT2D eigenvalue weighted by Crippen LogP contribution is 2.28. The maximum atomic E-state index is 12.9. The summed E-state index contributed by atoms with van der Waals surface area (Å²) < 4.78 is 0. The number of hydrogen-bond acceptors (Lipinski definition) is 4. The van der Waals surface area contributed by atoms with E-state index in [1.165, 1.54) is 5.69 Å². The number of nitrogens with zero attached hydrogens (tertiary/aromatic N) is 3. The summed E-state index contributed by atoms with van der Waals surface area (Å²) in [6.45, 7) is 4.27. The molecule has 1 fully saturated rings. The van der Waals surface area contributed by atoms with Gasteiger partial charge in [0.25, 0.3) is 0 Å². The number of carbonyl (C=O) groups excluding carboxylic acids is 1. The molecule has 4 rings (SSSR count). The van der Waals surface area contributed by atoms with E-state index in [1.54, 1.807) is 0 Å². The van der Waals surface area contributed by atoms with Gasteiger partial charge < -0.3 is 15.1 Å². The molecule has 0 bridgehead atoms. The molecule has 0 aromatic heterocycles. The first-order valence-electron chi connectivity index (χ1n) is 11.5. The predicted octanol–water partition coefficient (Wildman–Crippen LogP) is 4.07. The standard InChI is InChI=1S/C28H30N4O/c1-31-16-18-32(19-17-31)26-12-10-23(11-13-26)24-8-5-9-25(21-24)27(28(33)30-15-14-29)20-22-6-3-2-4-7-22/h2-13,21,27H,15-20H2,1H3,(H,30,33). The van der Waals surface area contributed by atoms with Gasteiger partial charge in [-0.15, -0.1) is 0 Å². The molecule has 0 radical (unpaired) electrons. The Kier molecular flexibility index (Phi) is 7.39. The molecule has 5 heteroatoms. The summed E-state index contributed by atoms with van der Waals surface area (Å²) in [6.07, 6.45) is 0.587. The number of nitriles is 1. The second kappa shape index (κ2) is 10.8. The third-order valence-corrected chi connectivity index (χ3v) is 6.30. The number of piperazine rings is 1. The molecule has 1 heterocycles. The molecular weight excluding hydrogens is 408 g/mol. The molecule has 33 heavy (non-hydrogen) atoms. The van der Waals surface area contributed by atoms with Gasteiger partial charge in [0.05, 0.1) is 12.0 Å². The van der Waals surface area contributed by atoms with Gasteiger partial charge in [-0.05, 0) is 47.9 Å². The van der Waals surface area contributed by atoms with E-state index in [2.05, 4.69) is 58.6 Å². The van der Waals surface area contributed by atoms with Crippen molar-refractivity contribution in [3.05, 3.63) is 90.0 Å². The molecule has 0 aliphatic carbocycles. The van der Waals surface area contributed by atoms with Crippen LogP contribution in [0.5, 0.6) is 0 Å². The van der Waals surface area contributed by atoms with Crippen LogP contribution in [0, 0.1) is 11.3 Å². The average Bonchev–Trinajstić information content (AvgIpc) is 2.87. The van der Waals surface area contributed by atoms with E-state index in [0.29, 0.717) is 6.42 Å². The predicted molar refractivity (Wildman–Crippen MR) is 133 cm³/mol. The van der Waals surface area contributed by atoms with Crippen molar-refractivity contribution in [3.63, 3.8) is 0 Å². The highest BCUT2D eigenvalue weighted by molar-refractivity contribution is 5.84. The van der Waals surface area contributed by atoms with Gasteiger partial charge in [-0.25, -0.2) is 0 Å². The van der Waals surface area contributed by atoms with Crippen molar-refractivity contribution in [2.45, 2.75) is 12.3 Å². The molecule has 3 aromatic rings. The van der Waals surface area contributed by atoms with Gasteiger partial charge in [0.1, 0.15) is 6.54 Å². The van der Waals surface area contributed by atoms with Crippen LogP contribution < -0.4 is 10.2 Å². The monoisotopic (exact) mass is 438 g/mol. The molecule has 1 aliphatic rings. The third kappa shape index (κ3) is 5.79. The molecule has 1 atom stereocenters.